The van der Waals surface area contributed by atoms with Crippen molar-refractivity contribution in [2.75, 3.05) is 39.2 Å². The summed E-state index contributed by atoms with van der Waals surface area (Å²) in [6.45, 7) is 1.37. The lowest BCUT2D eigenvalue weighted by Crippen LogP contribution is -2.24. The fraction of sp³-hybridized carbons (Fsp3) is 0.417. The maximum atomic E-state index is 11.3. The third kappa shape index (κ3) is 5.33. The summed E-state index contributed by atoms with van der Waals surface area (Å²) < 4.78 is 10.3. The third-order valence-electron chi connectivity index (χ3n) is 2.03. The van der Waals surface area contributed by atoms with E-state index in [1.807, 2.05) is 12.1 Å². The Hall–Kier alpha value is -1.59. The van der Waals surface area contributed by atoms with Gasteiger partial charge in [-0.1, -0.05) is 0 Å². The van der Waals surface area contributed by atoms with Gasteiger partial charge in [-0.15, -0.1) is 0 Å². The summed E-state index contributed by atoms with van der Waals surface area (Å²) in [5.74, 6) is 0.689. The maximum Gasteiger partial charge on any atom is 0.238 e. The number of likely N-dealkylation sites (N-methyl/N-ethyl adjacent to an activating group) is 1. The number of anilines is 1. The van der Waals surface area contributed by atoms with Crippen LogP contribution in [0.4, 0.5) is 5.69 Å². The lowest BCUT2D eigenvalue weighted by molar-refractivity contribution is -0.115. The minimum atomic E-state index is -0.0689. The van der Waals surface area contributed by atoms with Crippen LogP contribution >= 0.6 is 0 Å². The quantitative estimate of drug-likeness (QED) is 0.692. The van der Waals surface area contributed by atoms with E-state index in [2.05, 4.69) is 10.6 Å². The summed E-state index contributed by atoms with van der Waals surface area (Å²) >= 11 is 0. The zero-order valence-electron chi connectivity index (χ0n) is 10.2. The topological polar surface area (TPSA) is 59.6 Å². The van der Waals surface area contributed by atoms with Crippen molar-refractivity contribution in [3.8, 4) is 5.75 Å². The van der Waals surface area contributed by atoms with Gasteiger partial charge in [0.2, 0.25) is 5.91 Å². The highest BCUT2D eigenvalue weighted by molar-refractivity contribution is 5.92. The molecule has 1 aromatic carbocycles. The van der Waals surface area contributed by atoms with Crippen LogP contribution in [0.1, 0.15) is 0 Å². The zero-order valence-corrected chi connectivity index (χ0v) is 10.2. The molecule has 17 heavy (non-hydrogen) atoms. The fourth-order valence-corrected chi connectivity index (χ4v) is 1.24. The molecule has 5 heteroatoms. The summed E-state index contributed by atoms with van der Waals surface area (Å²) in [4.78, 5) is 11.3. The van der Waals surface area contributed by atoms with Gasteiger partial charge in [-0.2, -0.15) is 0 Å². The fourth-order valence-electron chi connectivity index (χ4n) is 1.24. The van der Waals surface area contributed by atoms with Gasteiger partial charge < -0.3 is 20.1 Å². The van der Waals surface area contributed by atoms with E-state index in [1.165, 1.54) is 0 Å². The minimum absolute atomic E-state index is 0.0689. The Kier molecular flexibility index (Phi) is 6.06. The van der Waals surface area contributed by atoms with Gasteiger partial charge in [0.05, 0.1) is 13.2 Å². The van der Waals surface area contributed by atoms with Crippen molar-refractivity contribution < 1.29 is 14.3 Å². The Balaban J connectivity index is 2.41. The van der Waals surface area contributed by atoms with E-state index >= 15 is 0 Å². The van der Waals surface area contributed by atoms with Gasteiger partial charge in [0.25, 0.3) is 0 Å². The van der Waals surface area contributed by atoms with E-state index in [1.54, 1.807) is 26.3 Å². The van der Waals surface area contributed by atoms with Crippen LogP contribution in [0.2, 0.25) is 0 Å². The van der Waals surface area contributed by atoms with Gasteiger partial charge in [0.1, 0.15) is 12.4 Å². The van der Waals surface area contributed by atoms with Crippen molar-refractivity contribution in [1.82, 2.24) is 5.32 Å². The van der Waals surface area contributed by atoms with Crippen molar-refractivity contribution >= 4 is 11.6 Å². The van der Waals surface area contributed by atoms with Gasteiger partial charge in [0.15, 0.2) is 0 Å². The first-order valence-corrected chi connectivity index (χ1v) is 5.42. The van der Waals surface area contributed by atoms with Crippen LogP contribution in [-0.4, -0.2) is 39.8 Å². The molecule has 94 valence electrons. The number of hydrogen-bond acceptors (Lipinski definition) is 4. The van der Waals surface area contributed by atoms with Gasteiger partial charge in [-0.25, -0.2) is 0 Å². The number of ether oxygens (including phenoxy) is 2. The molecular weight excluding hydrogens is 220 g/mol. The second-order valence-electron chi connectivity index (χ2n) is 3.44. The molecule has 0 aromatic heterocycles. The Morgan fingerprint density at radius 2 is 1.94 bits per heavy atom. The van der Waals surface area contributed by atoms with Crippen LogP contribution < -0.4 is 15.4 Å². The first-order chi connectivity index (χ1) is 8.26. The predicted molar refractivity (Wildman–Crippen MR) is 66.4 cm³/mol. The van der Waals surface area contributed by atoms with Crippen LogP contribution in [0.25, 0.3) is 0 Å². The molecule has 0 heterocycles. The molecule has 0 unspecified atom stereocenters. The molecule has 0 spiro atoms. The Morgan fingerprint density at radius 1 is 1.24 bits per heavy atom. The van der Waals surface area contributed by atoms with E-state index in [0.29, 0.717) is 19.8 Å². The van der Waals surface area contributed by atoms with E-state index in [4.69, 9.17) is 9.47 Å². The molecule has 0 fully saturated rings. The SMILES string of the molecule is CNCC(=O)Nc1ccc(OCCOC)cc1. The maximum absolute atomic E-state index is 11.3. The Morgan fingerprint density at radius 3 is 2.53 bits per heavy atom. The van der Waals surface area contributed by atoms with Crippen molar-refractivity contribution in [1.29, 1.82) is 0 Å². The molecule has 5 nitrogen and oxygen atoms in total. The Labute approximate surface area is 101 Å². The standard InChI is InChI=1S/C12H18N2O3/c1-13-9-12(15)14-10-3-5-11(6-4-10)17-8-7-16-2/h3-6,13H,7-9H2,1-2H3,(H,14,15). The minimum Gasteiger partial charge on any atom is -0.491 e. The first kappa shape index (κ1) is 13.5. The predicted octanol–water partition coefficient (Wildman–Crippen LogP) is 0.870. The third-order valence-corrected chi connectivity index (χ3v) is 2.03. The van der Waals surface area contributed by atoms with Crippen molar-refractivity contribution in [2.24, 2.45) is 0 Å². The zero-order chi connectivity index (χ0) is 12.5. The van der Waals surface area contributed by atoms with E-state index < -0.39 is 0 Å². The summed E-state index contributed by atoms with van der Waals surface area (Å²) in [6.07, 6.45) is 0. The van der Waals surface area contributed by atoms with Crippen LogP contribution in [-0.2, 0) is 9.53 Å². The molecule has 1 aromatic rings. The smallest absolute Gasteiger partial charge is 0.238 e. The second-order valence-corrected chi connectivity index (χ2v) is 3.44. The molecule has 0 radical (unpaired) electrons. The number of rotatable bonds is 7. The number of benzene rings is 1. The number of nitrogens with one attached hydrogen (secondary N) is 2. The molecular formula is C12H18N2O3. The van der Waals surface area contributed by atoms with Crippen molar-refractivity contribution in [3.63, 3.8) is 0 Å². The van der Waals surface area contributed by atoms with Crippen LogP contribution in [0.15, 0.2) is 24.3 Å². The number of methoxy groups -OCH3 is 1. The van der Waals surface area contributed by atoms with Gasteiger partial charge in [-0.05, 0) is 31.3 Å². The summed E-state index contributed by atoms with van der Waals surface area (Å²) in [7, 11) is 3.36. The van der Waals surface area contributed by atoms with Gasteiger partial charge in [-0.3, -0.25) is 4.79 Å². The molecule has 0 atom stereocenters. The first-order valence-electron chi connectivity index (χ1n) is 5.42. The second kappa shape index (κ2) is 7.65. The average Bonchev–Trinajstić information content (AvgIpc) is 2.32. The molecule has 0 bridgehead atoms. The highest BCUT2D eigenvalue weighted by atomic mass is 16.5. The van der Waals surface area contributed by atoms with E-state index in [9.17, 15) is 4.79 Å². The molecule has 0 aliphatic heterocycles. The summed E-state index contributed by atoms with van der Waals surface area (Å²) in [5, 5.41) is 5.54. The number of carbonyl (C=O) groups excluding carboxylic acids is 1. The molecule has 0 saturated heterocycles. The summed E-state index contributed by atoms with van der Waals surface area (Å²) in [6, 6.07) is 7.22. The molecule has 1 amide bonds. The number of carbonyl (C=O) groups is 1. The monoisotopic (exact) mass is 238 g/mol. The highest BCUT2D eigenvalue weighted by Gasteiger charge is 2.00. The van der Waals surface area contributed by atoms with Crippen molar-refractivity contribution in [3.05, 3.63) is 24.3 Å². The molecule has 0 aliphatic rings. The molecule has 2 N–H and O–H groups in total. The molecule has 0 saturated carbocycles. The molecule has 0 aliphatic carbocycles. The van der Waals surface area contributed by atoms with Gasteiger partial charge >= 0.3 is 0 Å². The van der Waals surface area contributed by atoms with Gasteiger partial charge in [0, 0.05) is 12.8 Å². The largest absolute Gasteiger partial charge is 0.491 e. The molecule has 1 rings (SSSR count). The highest BCUT2D eigenvalue weighted by Crippen LogP contribution is 2.15. The summed E-state index contributed by atoms with van der Waals surface area (Å²) in [5.41, 5.74) is 0.754. The average molecular weight is 238 g/mol. The lowest BCUT2D eigenvalue weighted by Gasteiger charge is -2.07. The van der Waals surface area contributed by atoms with Crippen LogP contribution in [0.5, 0.6) is 5.75 Å². The lowest BCUT2D eigenvalue weighted by atomic mass is 10.3. The van der Waals surface area contributed by atoms with E-state index in [-0.39, 0.29) is 5.91 Å². The normalized spacial score (nSPS) is 10.0. The number of hydrogen-bond donors (Lipinski definition) is 2. The van der Waals surface area contributed by atoms with Crippen LogP contribution in [0, 0.1) is 0 Å². The Bertz CT molecular complexity index is 338. The van der Waals surface area contributed by atoms with Crippen molar-refractivity contribution in [2.45, 2.75) is 0 Å². The number of amides is 1. The van der Waals surface area contributed by atoms with E-state index in [0.717, 1.165) is 11.4 Å². The van der Waals surface area contributed by atoms with Crippen LogP contribution in [0.3, 0.4) is 0 Å².